The molecule has 2 heterocycles. The quantitative estimate of drug-likeness (QED) is 0.749. The van der Waals surface area contributed by atoms with E-state index in [4.69, 9.17) is 10.5 Å². The maximum atomic E-state index is 12.2. The maximum Gasteiger partial charge on any atom is 0.268 e. The van der Waals surface area contributed by atoms with Crippen molar-refractivity contribution in [2.45, 2.75) is 31.9 Å². The van der Waals surface area contributed by atoms with Gasteiger partial charge in [0.1, 0.15) is 5.69 Å². The fraction of sp³-hybridized carbons (Fsp3) is 0.400. The van der Waals surface area contributed by atoms with Crippen LogP contribution in [0.25, 0.3) is 10.9 Å². The van der Waals surface area contributed by atoms with E-state index in [2.05, 4.69) is 10.3 Å². The van der Waals surface area contributed by atoms with Gasteiger partial charge in [-0.1, -0.05) is 0 Å². The Labute approximate surface area is 117 Å². The number of ether oxygens (including phenoxy) is 1. The van der Waals surface area contributed by atoms with Gasteiger partial charge < -0.3 is 20.8 Å². The molecule has 1 fully saturated rings. The predicted molar refractivity (Wildman–Crippen MR) is 78.6 cm³/mol. The third-order valence-electron chi connectivity index (χ3n) is 3.77. The molecule has 3 rings (SSSR count). The molecule has 2 aromatic rings. The number of aromatic amines is 1. The van der Waals surface area contributed by atoms with E-state index in [-0.39, 0.29) is 18.1 Å². The number of fused-ring (bicyclic) bond motifs is 1. The van der Waals surface area contributed by atoms with E-state index in [1.54, 1.807) is 0 Å². The highest BCUT2D eigenvalue weighted by atomic mass is 16.5. The van der Waals surface area contributed by atoms with E-state index in [0.717, 1.165) is 30.4 Å². The SMILES string of the molecule is CC(NC(=O)c1cc2cc(N)ccc2[nH]1)C1CCCO1. The number of anilines is 1. The van der Waals surface area contributed by atoms with Crippen molar-refractivity contribution in [2.75, 3.05) is 12.3 Å². The van der Waals surface area contributed by atoms with Crippen molar-refractivity contribution in [3.63, 3.8) is 0 Å². The number of nitrogen functional groups attached to an aromatic ring is 1. The summed E-state index contributed by atoms with van der Waals surface area (Å²) in [7, 11) is 0. The Bertz CT molecular complexity index is 629. The Balaban J connectivity index is 1.74. The number of nitrogens with two attached hydrogens (primary N) is 1. The Morgan fingerprint density at radius 2 is 2.35 bits per heavy atom. The van der Waals surface area contributed by atoms with E-state index in [1.807, 2.05) is 31.2 Å². The van der Waals surface area contributed by atoms with Crippen molar-refractivity contribution in [2.24, 2.45) is 0 Å². The number of aromatic nitrogens is 1. The Morgan fingerprint density at radius 3 is 3.10 bits per heavy atom. The lowest BCUT2D eigenvalue weighted by atomic mass is 10.1. The second-order valence-electron chi connectivity index (χ2n) is 5.34. The second kappa shape index (κ2) is 5.17. The van der Waals surface area contributed by atoms with E-state index in [9.17, 15) is 4.79 Å². The number of benzene rings is 1. The van der Waals surface area contributed by atoms with Crippen LogP contribution in [-0.4, -0.2) is 29.6 Å². The molecule has 5 nitrogen and oxygen atoms in total. The first-order valence-electron chi connectivity index (χ1n) is 6.94. The highest BCUT2D eigenvalue weighted by Crippen LogP contribution is 2.19. The molecule has 1 aromatic heterocycles. The number of hydrogen-bond donors (Lipinski definition) is 3. The van der Waals surface area contributed by atoms with Crippen LogP contribution >= 0.6 is 0 Å². The summed E-state index contributed by atoms with van der Waals surface area (Å²) in [4.78, 5) is 15.3. The summed E-state index contributed by atoms with van der Waals surface area (Å²) in [6, 6.07) is 7.39. The summed E-state index contributed by atoms with van der Waals surface area (Å²) in [6.45, 7) is 2.77. The van der Waals surface area contributed by atoms with Crippen molar-refractivity contribution in [3.05, 3.63) is 30.0 Å². The normalized spacial score (nSPS) is 20.1. The van der Waals surface area contributed by atoms with Crippen molar-refractivity contribution in [1.82, 2.24) is 10.3 Å². The number of hydrogen-bond acceptors (Lipinski definition) is 3. The third-order valence-corrected chi connectivity index (χ3v) is 3.77. The smallest absolute Gasteiger partial charge is 0.268 e. The number of amides is 1. The third kappa shape index (κ3) is 2.49. The molecule has 1 saturated heterocycles. The lowest BCUT2D eigenvalue weighted by Gasteiger charge is -2.19. The van der Waals surface area contributed by atoms with E-state index >= 15 is 0 Å². The molecule has 0 saturated carbocycles. The second-order valence-corrected chi connectivity index (χ2v) is 5.34. The van der Waals surface area contributed by atoms with Crippen LogP contribution in [0.2, 0.25) is 0 Å². The van der Waals surface area contributed by atoms with Gasteiger partial charge in [-0.25, -0.2) is 0 Å². The van der Waals surface area contributed by atoms with E-state index in [0.29, 0.717) is 11.4 Å². The van der Waals surface area contributed by atoms with Crippen LogP contribution in [-0.2, 0) is 4.74 Å². The number of nitrogens with one attached hydrogen (secondary N) is 2. The zero-order valence-electron chi connectivity index (χ0n) is 11.5. The summed E-state index contributed by atoms with van der Waals surface area (Å²) in [5.74, 6) is -0.109. The van der Waals surface area contributed by atoms with E-state index < -0.39 is 0 Å². The number of carbonyl (C=O) groups excluding carboxylic acids is 1. The van der Waals surface area contributed by atoms with Gasteiger partial charge in [-0.2, -0.15) is 0 Å². The van der Waals surface area contributed by atoms with Crippen LogP contribution in [0.3, 0.4) is 0 Å². The molecule has 5 heteroatoms. The number of H-pyrrole nitrogens is 1. The number of carbonyl (C=O) groups is 1. The van der Waals surface area contributed by atoms with Crippen LogP contribution in [0.1, 0.15) is 30.3 Å². The average molecular weight is 273 g/mol. The lowest BCUT2D eigenvalue weighted by Crippen LogP contribution is -2.40. The molecule has 0 aliphatic carbocycles. The first kappa shape index (κ1) is 13.0. The molecule has 106 valence electrons. The van der Waals surface area contributed by atoms with Gasteiger partial charge in [0, 0.05) is 23.2 Å². The van der Waals surface area contributed by atoms with Crippen LogP contribution < -0.4 is 11.1 Å². The predicted octanol–water partition coefficient (Wildman–Crippen LogP) is 2.05. The zero-order chi connectivity index (χ0) is 14.1. The minimum Gasteiger partial charge on any atom is -0.399 e. The molecule has 1 aliphatic rings. The van der Waals surface area contributed by atoms with Gasteiger partial charge in [0.2, 0.25) is 0 Å². The zero-order valence-corrected chi connectivity index (χ0v) is 11.5. The largest absolute Gasteiger partial charge is 0.399 e. The van der Waals surface area contributed by atoms with Crippen LogP contribution in [0.15, 0.2) is 24.3 Å². The van der Waals surface area contributed by atoms with Gasteiger partial charge in [0.15, 0.2) is 0 Å². The summed E-state index contributed by atoms with van der Waals surface area (Å²) in [5, 5.41) is 3.93. The fourth-order valence-corrected chi connectivity index (χ4v) is 2.65. The maximum absolute atomic E-state index is 12.2. The Kier molecular flexibility index (Phi) is 3.36. The van der Waals surface area contributed by atoms with Crippen molar-refractivity contribution in [1.29, 1.82) is 0 Å². The van der Waals surface area contributed by atoms with Crippen molar-refractivity contribution in [3.8, 4) is 0 Å². The van der Waals surface area contributed by atoms with Gasteiger partial charge in [0.05, 0.1) is 12.1 Å². The van der Waals surface area contributed by atoms with Gasteiger partial charge in [-0.3, -0.25) is 4.79 Å². The van der Waals surface area contributed by atoms with Crippen LogP contribution in [0, 0.1) is 0 Å². The number of rotatable bonds is 3. The molecule has 2 unspecified atom stereocenters. The minimum atomic E-state index is -0.109. The standard InChI is InChI=1S/C15H19N3O2/c1-9(14-3-2-6-20-14)17-15(19)13-8-10-7-11(16)4-5-12(10)18-13/h4-5,7-9,14,18H,2-3,6,16H2,1H3,(H,17,19). The average Bonchev–Trinajstić information content (AvgIpc) is 3.07. The highest BCUT2D eigenvalue weighted by Gasteiger charge is 2.24. The van der Waals surface area contributed by atoms with Crippen LogP contribution in [0.4, 0.5) is 5.69 Å². The molecule has 0 spiro atoms. The molecule has 0 bridgehead atoms. The molecule has 1 aliphatic heterocycles. The molecule has 4 N–H and O–H groups in total. The molecule has 2 atom stereocenters. The molecular weight excluding hydrogens is 254 g/mol. The molecular formula is C15H19N3O2. The molecule has 20 heavy (non-hydrogen) atoms. The summed E-state index contributed by atoms with van der Waals surface area (Å²) in [6.07, 6.45) is 2.19. The van der Waals surface area contributed by atoms with Gasteiger partial charge in [-0.15, -0.1) is 0 Å². The molecule has 1 aromatic carbocycles. The van der Waals surface area contributed by atoms with Gasteiger partial charge >= 0.3 is 0 Å². The fourth-order valence-electron chi connectivity index (χ4n) is 2.65. The molecule has 1 amide bonds. The van der Waals surface area contributed by atoms with Crippen molar-refractivity contribution >= 4 is 22.5 Å². The summed E-state index contributed by atoms with van der Waals surface area (Å²) >= 11 is 0. The first-order chi connectivity index (χ1) is 9.63. The van der Waals surface area contributed by atoms with E-state index in [1.165, 1.54) is 0 Å². The summed E-state index contributed by atoms with van der Waals surface area (Å²) in [5.41, 5.74) is 7.90. The summed E-state index contributed by atoms with van der Waals surface area (Å²) < 4.78 is 5.58. The lowest BCUT2D eigenvalue weighted by molar-refractivity contribution is 0.0710. The minimum absolute atomic E-state index is 0.0153. The van der Waals surface area contributed by atoms with Crippen molar-refractivity contribution < 1.29 is 9.53 Å². The monoisotopic (exact) mass is 273 g/mol. The first-order valence-corrected chi connectivity index (χ1v) is 6.94. The van der Waals surface area contributed by atoms with Crippen LogP contribution in [0.5, 0.6) is 0 Å². The highest BCUT2D eigenvalue weighted by molar-refractivity contribution is 5.98. The van der Waals surface area contributed by atoms with Gasteiger partial charge in [-0.05, 0) is 44.0 Å². The molecule has 0 radical (unpaired) electrons. The Morgan fingerprint density at radius 1 is 1.50 bits per heavy atom. The topological polar surface area (TPSA) is 80.1 Å². The Hall–Kier alpha value is -2.01. The van der Waals surface area contributed by atoms with Gasteiger partial charge in [0.25, 0.3) is 5.91 Å².